The number of rotatable bonds is 6. The Kier molecular flexibility index (Phi) is 6.61. The van der Waals surface area contributed by atoms with E-state index in [0.29, 0.717) is 18.7 Å². The van der Waals surface area contributed by atoms with Crippen molar-refractivity contribution in [1.29, 1.82) is 0 Å². The van der Waals surface area contributed by atoms with Crippen LogP contribution in [-0.4, -0.2) is 32.1 Å². The number of amides is 1. The number of nitrogens with one attached hydrogen (secondary N) is 2. The summed E-state index contributed by atoms with van der Waals surface area (Å²) >= 11 is 5.90. The molecule has 1 saturated heterocycles. The maximum absolute atomic E-state index is 14.3. The fourth-order valence-electron chi connectivity index (χ4n) is 2.77. The van der Waals surface area contributed by atoms with Crippen molar-refractivity contribution < 1.29 is 13.9 Å². The molecule has 0 radical (unpaired) electrons. The summed E-state index contributed by atoms with van der Waals surface area (Å²) in [6, 6.07) is 4.99. The second kappa shape index (κ2) is 8.46. The number of benzene rings is 1. The summed E-state index contributed by atoms with van der Waals surface area (Å²) < 4.78 is 20.2. The van der Waals surface area contributed by atoms with Crippen molar-refractivity contribution in [2.75, 3.05) is 26.2 Å². The van der Waals surface area contributed by atoms with Gasteiger partial charge in [-0.15, -0.1) is 0 Å². The lowest BCUT2D eigenvalue weighted by molar-refractivity contribution is -0.119. The van der Waals surface area contributed by atoms with Crippen molar-refractivity contribution in [3.05, 3.63) is 34.6 Å². The summed E-state index contributed by atoms with van der Waals surface area (Å²) in [6.07, 6.45) is 1.66. The van der Waals surface area contributed by atoms with Gasteiger partial charge in [0.05, 0.1) is 17.7 Å². The molecule has 1 aliphatic heterocycles. The van der Waals surface area contributed by atoms with Crippen LogP contribution >= 0.6 is 11.6 Å². The van der Waals surface area contributed by atoms with Crippen LogP contribution in [0.1, 0.15) is 31.4 Å². The summed E-state index contributed by atoms with van der Waals surface area (Å²) in [5, 5.41) is 6.11. The average molecular weight is 329 g/mol. The molecule has 1 aliphatic rings. The lowest BCUT2D eigenvalue weighted by Gasteiger charge is -2.31. The Labute approximate surface area is 135 Å². The van der Waals surface area contributed by atoms with Gasteiger partial charge in [0.1, 0.15) is 5.82 Å². The fraction of sp³-hybridized carbons (Fsp3) is 0.562. The van der Waals surface area contributed by atoms with E-state index in [1.54, 1.807) is 12.1 Å². The van der Waals surface area contributed by atoms with Crippen molar-refractivity contribution >= 4 is 17.5 Å². The van der Waals surface area contributed by atoms with E-state index in [4.69, 9.17) is 16.3 Å². The van der Waals surface area contributed by atoms with Gasteiger partial charge in [-0.05, 0) is 25.5 Å². The van der Waals surface area contributed by atoms with Crippen molar-refractivity contribution in [2.24, 2.45) is 5.92 Å². The molecule has 0 aromatic heterocycles. The third-order valence-corrected chi connectivity index (χ3v) is 4.12. The third-order valence-electron chi connectivity index (χ3n) is 3.82. The van der Waals surface area contributed by atoms with Crippen LogP contribution in [0.25, 0.3) is 0 Å². The Balaban J connectivity index is 2.10. The van der Waals surface area contributed by atoms with Gasteiger partial charge >= 0.3 is 0 Å². The molecule has 2 unspecified atom stereocenters. The molecular weight excluding hydrogens is 307 g/mol. The monoisotopic (exact) mass is 328 g/mol. The van der Waals surface area contributed by atoms with E-state index < -0.39 is 5.82 Å². The number of hydrogen-bond acceptors (Lipinski definition) is 3. The summed E-state index contributed by atoms with van der Waals surface area (Å²) in [4.78, 5) is 10.9. The highest BCUT2D eigenvalue weighted by Gasteiger charge is 2.28. The van der Waals surface area contributed by atoms with Gasteiger partial charge in [0.2, 0.25) is 5.91 Å². The van der Waals surface area contributed by atoms with Crippen LogP contribution in [0.15, 0.2) is 18.2 Å². The maximum Gasteiger partial charge on any atom is 0.216 e. The molecule has 0 saturated carbocycles. The lowest BCUT2D eigenvalue weighted by Crippen LogP contribution is -2.35. The molecular formula is C16H22ClFN2O2. The second-order valence-electron chi connectivity index (χ2n) is 5.52. The van der Waals surface area contributed by atoms with Crippen LogP contribution in [0, 0.1) is 11.7 Å². The standard InChI is InChI=1S/C16H22ClFN2O2/c1-11(21)20-8-9-22-16(12-4-3-7-19-10-12)13-5-2-6-14(17)15(13)18/h2,5-6,12,16,19H,3-4,7-10H2,1H3,(H,20,21). The number of carbonyl (C=O) groups is 1. The van der Waals surface area contributed by atoms with E-state index in [9.17, 15) is 9.18 Å². The van der Waals surface area contributed by atoms with Gasteiger partial charge in [-0.25, -0.2) is 4.39 Å². The molecule has 6 heteroatoms. The third kappa shape index (κ3) is 4.66. The number of ether oxygens (including phenoxy) is 1. The topological polar surface area (TPSA) is 50.4 Å². The predicted octanol–water partition coefficient (Wildman–Crippen LogP) is 2.67. The van der Waals surface area contributed by atoms with E-state index in [2.05, 4.69) is 10.6 Å². The molecule has 1 amide bonds. The number of halogens is 2. The van der Waals surface area contributed by atoms with Crippen LogP contribution in [-0.2, 0) is 9.53 Å². The fourth-order valence-corrected chi connectivity index (χ4v) is 2.95. The SMILES string of the molecule is CC(=O)NCCOC(c1cccc(Cl)c1F)C1CCCNC1. The van der Waals surface area contributed by atoms with Gasteiger partial charge in [-0.3, -0.25) is 4.79 Å². The minimum absolute atomic E-state index is 0.103. The second-order valence-corrected chi connectivity index (χ2v) is 5.93. The van der Waals surface area contributed by atoms with Crippen LogP contribution < -0.4 is 10.6 Å². The van der Waals surface area contributed by atoms with Crippen LogP contribution in [0.4, 0.5) is 4.39 Å². The van der Waals surface area contributed by atoms with Crippen molar-refractivity contribution in [3.8, 4) is 0 Å². The van der Waals surface area contributed by atoms with Crippen molar-refractivity contribution in [2.45, 2.75) is 25.9 Å². The molecule has 122 valence electrons. The predicted molar refractivity (Wildman–Crippen MR) is 84.4 cm³/mol. The van der Waals surface area contributed by atoms with Gasteiger partial charge in [-0.1, -0.05) is 23.7 Å². The Bertz CT molecular complexity index is 507. The number of hydrogen-bond donors (Lipinski definition) is 2. The van der Waals surface area contributed by atoms with E-state index >= 15 is 0 Å². The summed E-state index contributed by atoms with van der Waals surface area (Å²) in [5.41, 5.74) is 0.490. The lowest BCUT2D eigenvalue weighted by atomic mass is 9.89. The molecule has 2 rings (SSSR count). The van der Waals surface area contributed by atoms with Crippen LogP contribution in [0.2, 0.25) is 5.02 Å². The van der Waals surface area contributed by atoms with Gasteiger partial charge in [0.15, 0.2) is 0 Å². The first-order chi connectivity index (χ1) is 10.6. The van der Waals surface area contributed by atoms with Crippen LogP contribution in [0.5, 0.6) is 0 Å². The quantitative estimate of drug-likeness (QED) is 0.789. The Hall–Kier alpha value is -1.17. The molecule has 22 heavy (non-hydrogen) atoms. The van der Waals surface area contributed by atoms with E-state index in [1.807, 2.05) is 0 Å². The van der Waals surface area contributed by atoms with Gasteiger partial charge in [0, 0.05) is 31.5 Å². The first kappa shape index (κ1) is 17.2. The highest BCUT2D eigenvalue weighted by atomic mass is 35.5. The minimum Gasteiger partial charge on any atom is -0.371 e. The Morgan fingerprint density at radius 3 is 3.09 bits per heavy atom. The first-order valence-electron chi connectivity index (χ1n) is 7.60. The highest BCUT2D eigenvalue weighted by Crippen LogP contribution is 2.34. The summed E-state index contributed by atoms with van der Waals surface area (Å²) in [6.45, 7) is 3.98. The smallest absolute Gasteiger partial charge is 0.216 e. The zero-order valence-corrected chi connectivity index (χ0v) is 13.5. The molecule has 0 spiro atoms. The van der Waals surface area contributed by atoms with Crippen molar-refractivity contribution in [3.63, 3.8) is 0 Å². The van der Waals surface area contributed by atoms with E-state index in [0.717, 1.165) is 25.9 Å². The highest BCUT2D eigenvalue weighted by molar-refractivity contribution is 6.30. The molecule has 1 heterocycles. The molecule has 0 aliphatic carbocycles. The van der Waals surface area contributed by atoms with Gasteiger partial charge in [-0.2, -0.15) is 0 Å². The first-order valence-corrected chi connectivity index (χ1v) is 7.98. The molecule has 0 bridgehead atoms. The Morgan fingerprint density at radius 1 is 1.59 bits per heavy atom. The zero-order valence-electron chi connectivity index (χ0n) is 12.7. The zero-order chi connectivity index (χ0) is 15.9. The van der Waals surface area contributed by atoms with E-state index in [1.165, 1.54) is 13.0 Å². The molecule has 1 aromatic carbocycles. The average Bonchev–Trinajstić information content (AvgIpc) is 2.51. The van der Waals surface area contributed by atoms with Gasteiger partial charge in [0.25, 0.3) is 0 Å². The van der Waals surface area contributed by atoms with Crippen LogP contribution in [0.3, 0.4) is 0 Å². The summed E-state index contributed by atoms with van der Waals surface area (Å²) in [5.74, 6) is -0.327. The Morgan fingerprint density at radius 2 is 2.41 bits per heavy atom. The molecule has 2 atom stereocenters. The minimum atomic E-state index is -0.417. The van der Waals surface area contributed by atoms with Gasteiger partial charge < -0.3 is 15.4 Å². The van der Waals surface area contributed by atoms with Crippen molar-refractivity contribution in [1.82, 2.24) is 10.6 Å². The molecule has 4 nitrogen and oxygen atoms in total. The van der Waals surface area contributed by atoms with E-state index in [-0.39, 0.29) is 23.0 Å². The maximum atomic E-state index is 14.3. The molecule has 1 fully saturated rings. The number of piperidine rings is 1. The summed E-state index contributed by atoms with van der Waals surface area (Å²) in [7, 11) is 0. The largest absolute Gasteiger partial charge is 0.371 e. The molecule has 2 N–H and O–H groups in total. The number of carbonyl (C=O) groups excluding carboxylic acids is 1. The normalized spacial score (nSPS) is 19.7. The molecule has 1 aromatic rings.